The van der Waals surface area contributed by atoms with Crippen LogP contribution in [0.15, 0.2) is 18.2 Å². The van der Waals surface area contributed by atoms with E-state index in [9.17, 15) is 14.4 Å². The highest BCUT2D eigenvalue weighted by molar-refractivity contribution is 6.01. The summed E-state index contributed by atoms with van der Waals surface area (Å²) in [5.74, 6) is -1.76. The van der Waals surface area contributed by atoms with Crippen molar-refractivity contribution in [3.63, 3.8) is 0 Å². The number of carbonyl (C=O) groups excluding carboxylic acids is 2. The van der Waals surface area contributed by atoms with E-state index in [2.05, 4.69) is 0 Å². The number of rotatable bonds is 3. The van der Waals surface area contributed by atoms with E-state index >= 15 is 0 Å². The molecule has 0 aromatic heterocycles. The topological polar surface area (TPSA) is 87.2 Å². The molecule has 2 amide bonds. The first kappa shape index (κ1) is 17.4. The Balaban J connectivity index is 1.73. The summed E-state index contributed by atoms with van der Waals surface area (Å²) in [5, 5.41) is 9.07. The molecule has 0 radical (unpaired) electrons. The summed E-state index contributed by atoms with van der Waals surface area (Å²) in [6, 6.07) is 5.78. The monoisotopic (exact) mass is 346 g/mol. The molecule has 0 bridgehead atoms. The van der Waals surface area contributed by atoms with E-state index in [0.717, 1.165) is 16.8 Å². The second-order valence-corrected chi connectivity index (χ2v) is 6.61. The summed E-state index contributed by atoms with van der Waals surface area (Å²) in [5.41, 5.74) is 2.96. The molecule has 2 atom stereocenters. The lowest BCUT2D eigenvalue weighted by Gasteiger charge is -2.32. The highest BCUT2D eigenvalue weighted by Crippen LogP contribution is 2.30. The van der Waals surface area contributed by atoms with Crippen molar-refractivity contribution in [1.82, 2.24) is 4.90 Å². The number of benzene rings is 1. The van der Waals surface area contributed by atoms with Gasteiger partial charge in [0.25, 0.3) is 0 Å². The summed E-state index contributed by atoms with van der Waals surface area (Å²) in [6.45, 7) is 4.87. The lowest BCUT2D eigenvalue weighted by atomic mass is 10.1. The van der Waals surface area contributed by atoms with Crippen LogP contribution in [0, 0.1) is 19.8 Å². The fourth-order valence-corrected chi connectivity index (χ4v) is 3.39. The third-order valence-corrected chi connectivity index (χ3v) is 4.99. The summed E-state index contributed by atoms with van der Waals surface area (Å²) in [6.07, 6.45) is -0.841. The lowest BCUT2D eigenvalue weighted by molar-refractivity contribution is -0.160. The largest absolute Gasteiger partial charge is 0.479 e. The average molecular weight is 346 g/mol. The number of aliphatic carboxylic acids is 1. The van der Waals surface area contributed by atoms with Crippen LogP contribution in [0.2, 0.25) is 0 Å². The Morgan fingerprint density at radius 3 is 2.72 bits per heavy atom. The second kappa shape index (κ2) is 6.84. The summed E-state index contributed by atoms with van der Waals surface area (Å²) in [7, 11) is 0. The van der Waals surface area contributed by atoms with Gasteiger partial charge in [-0.25, -0.2) is 4.79 Å². The van der Waals surface area contributed by atoms with Crippen molar-refractivity contribution in [2.75, 3.05) is 31.1 Å². The fraction of sp³-hybridized carbons (Fsp3) is 0.500. The van der Waals surface area contributed by atoms with Crippen molar-refractivity contribution >= 4 is 23.5 Å². The quantitative estimate of drug-likeness (QED) is 0.881. The summed E-state index contributed by atoms with van der Waals surface area (Å²) in [4.78, 5) is 39.4. The zero-order valence-electron chi connectivity index (χ0n) is 14.4. The number of ether oxygens (including phenoxy) is 1. The molecule has 1 aromatic rings. The van der Waals surface area contributed by atoms with Gasteiger partial charge in [0.15, 0.2) is 6.10 Å². The Kier molecular flexibility index (Phi) is 4.76. The molecule has 2 fully saturated rings. The van der Waals surface area contributed by atoms with Crippen molar-refractivity contribution < 1.29 is 24.2 Å². The van der Waals surface area contributed by atoms with Gasteiger partial charge < -0.3 is 19.6 Å². The molecular weight excluding hydrogens is 324 g/mol. The Bertz CT molecular complexity index is 717. The normalized spacial score (nSPS) is 23.8. The van der Waals surface area contributed by atoms with Gasteiger partial charge in [-0.15, -0.1) is 0 Å². The van der Waals surface area contributed by atoms with Crippen LogP contribution >= 0.6 is 0 Å². The predicted molar refractivity (Wildman–Crippen MR) is 90.3 cm³/mol. The number of carboxylic acid groups (broad SMARTS) is 1. The molecule has 25 heavy (non-hydrogen) atoms. The summed E-state index contributed by atoms with van der Waals surface area (Å²) >= 11 is 0. The number of aryl methyl sites for hydroxylation is 1. The maximum Gasteiger partial charge on any atom is 0.334 e. The fourth-order valence-electron chi connectivity index (χ4n) is 3.39. The zero-order chi connectivity index (χ0) is 18.1. The standard InChI is InChI=1S/C18H22N2O5/c1-11-4-3-5-14(12(11)2)20-9-13(8-16(20)21)17(22)19-6-7-25-15(10-19)18(23)24/h3-5,13,15H,6-10H2,1-2H3,(H,23,24)/t13-,15-/m0/s1. The summed E-state index contributed by atoms with van der Waals surface area (Å²) < 4.78 is 5.15. The number of carboxylic acids is 1. The molecule has 3 rings (SSSR count). The van der Waals surface area contributed by atoms with Crippen LogP contribution in [-0.4, -0.2) is 60.1 Å². The molecule has 0 spiro atoms. The van der Waals surface area contributed by atoms with Gasteiger partial charge in [-0.3, -0.25) is 9.59 Å². The third kappa shape index (κ3) is 3.37. The van der Waals surface area contributed by atoms with E-state index in [1.807, 2.05) is 32.0 Å². The molecule has 7 nitrogen and oxygen atoms in total. The molecule has 0 saturated carbocycles. The highest BCUT2D eigenvalue weighted by Gasteiger charge is 2.39. The van der Waals surface area contributed by atoms with Gasteiger partial charge in [0.05, 0.1) is 19.1 Å². The van der Waals surface area contributed by atoms with Crippen molar-refractivity contribution in [1.29, 1.82) is 0 Å². The molecule has 1 aromatic carbocycles. The molecule has 2 aliphatic heterocycles. The van der Waals surface area contributed by atoms with Crippen LogP contribution in [0.25, 0.3) is 0 Å². The Hall–Kier alpha value is -2.41. The molecule has 2 heterocycles. The van der Waals surface area contributed by atoms with Crippen LogP contribution in [0.4, 0.5) is 5.69 Å². The molecule has 134 valence electrons. The number of carbonyl (C=O) groups is 3. The van der Waals surface area contributed by atoms with Crippen LogP contribution < -0.4 is 4.90 Å². The molecule has 2 aliphatic rings. The molecule has 0 aliphatic carbocycles. The van der Waals surface area contributed by atoms with Gasteiger partial charge in [-0.05, 0) is 31.0 Å². The van der Waals surface area contributed by atoms with Crippen molar-refractivity contribution in [3.8, 4) is 0 Å². The number of nitrogens with zero attached hydrogens (tertiary/aromatic N) is 2. The number of hydrogen-bond acceptors (Lipinski definition) is 4. The van der Waals surface area contributed by atoms with Crippen molar-refractivity contribution in [3.05, 3.63) is 29.3 Å². The van der Waals surface area contributed by atoms with Crippen molar-refractivity contribution in [2.45, 2.75) is 26.4 Å². The average Bonchev–Trinajstić information content (AvgIpc) is 2.98. The molecule has 0 unspecified atom stereocenters. The van der Waals surface area contributed by atoms with Gasteiger partial charge >= 0.3 is 5.97 Å². The maximum atomic E-state index is 12.7. The number of anilines is 1. The van der Waals surface area contributed by atoms with E-state index in [-0.39, 0.29) is 31.4 Å². The third-order valence-electron chi connectivity index (χ3n) is 4.99. The van der Waals surface area contributed by atoms with Crippen LogP contribution in [0.3, 0.4) is 0 Å². The second-order valence-electron chi connectivity index (χ2n) is 6.61. The molecular formula is C18H22N2O5. The first-order chi connectivity index (χ1) is 11.9. The van der Waals surface area contributed by atoms with Gasteiger partial charge in [0, 0.05) is 25.2 Å². The zero-order valence-corrected chi connectivity index (χ0v) is 14.4. The number of amides is 2. The first-order valence-electron chi connectivity index (χ1n) is 8.38. The van der Waals surface area contributed by atoms with E-state index in [0.29, 0.717) is 13.1 Å². The Morgan fingerprint density at radius 1 is 1.24 bits per heavy atom. The molecule has 1 N–H and O–H groups in total. The van der Waals surface area contributed by atoms with E-state index < -0.39 is 18.0 Å². The minimum Gasteiger partial charge on any atom is -0.479 e. The smallest absolute Gasteiger partial charge is 0.334 e. The predicted octanol–water partition coefficient (Wildman–Crippen LogP) is 0.968. The maximum absolute atomic E-state index is 12.7. The Morgan fingerprint density at radius 2 is 2.00 bits per heavy atom. The van der Waals surface area contributed by atoms with E-state index in [1.165, 1.54) is 4.90 Å². The van der Waals surface area contributed by atoms with Gasteiger partial charge in [0.1, 0.15) is 0 Å². The van der Waals surface area contributed by atoms with Gasteiger partial charge in [0.2, 0.25) is 11.8 Å². The van der Waals surface area contributed by atoms with Gasteiger partial charge in [-0.2, -0.15) is 0 Å². The first-order valence-corrected chi connectivity index (χ1v) is 8.38. The minimum atomic E-state index is -1.07. The van der Waals surface area contributed by atoms with Crippen molar-refractivity contribution in [2.24, 2.45) is 5.92 Å². The SMILES string of the molecule is Cc1cccc(N2C[C@@H](C(=O)N3CCO[C@H](C(=O)O)C3)CC2=O)c1C. The van der Waals surface area contributed by atoms with Crippen LogP contribution in [0.1, 0.15) is 17.5 Å². The molecule has 7 heteroatoms. The van der Waals surface area contributed by atoms with E-state index in [4.69, 9.17) is 9.84 Å². The minimum absolute atomic E-state index is 0.0301. The lowest BCUT2D eigenvalue weighted by Crippen LogP contribution is -2.50. The number of morpholine rings is 1. The number of hydrogen-bond donors (Lipinski definition) is 1. The van der Waals surface area contributed by atoms with Crippen LogP contribution in [0.5, 0.6) is 0 Å². The van der Waals surface area contributed by atoms with Gasteiger partial charge in [-0.1, -0.05) is 12.1 Å². The van der Waals surface area contributed by atoms with Crippen LogP contribution in [-0.2, 0) is 19.1 Å². The highest BCUT2D eigenvalue weighted by atomic mass is 16.5. The molecule has 2 saturated heterocycles. The Labute approximate surface area is 146 Å². The van der Waals surface area contributed by atoms with E-state index in [1.54, 1.807) is 4.90 Å².